The van der Waals surface area contributed by atoms with Crippen LogP contribution in [0.15, 0.2) is 17.5 Å². The molecule has 1 aromatic rings. The van der Waals surface area contributed by atoms with Gasteiger partial charge in [-0.1, -0.05) is 18.9 Å². The van der Waals surface area contributed by atoms with Gasteiger partial charge >= 0.3 is 0 Å². The fourth-order valence-electron chi connectivity index (χ4n) is 2.65. The van der Waals surface area contributed by atoms with E-state index in [1.807, 2.05) is 6.07 Å². The summed E-state index contributed by atoms with van der Waals surface area (Å²) in [5, 5.41) is 5.22. The zero-order valence-electron chi connectivity index (χ0n) is 11.1. The molecule has 0 spiro atoms. The predicted octanol–water partition coefficient (Wildman–Crippen LogP) is 2.74. The summed E-state index contributed by atoms with van der Waals surface area (Å²) < 4.78 is 0. The Kier molecular flexibility index (Phi) is 7.42. The molecule has 1 aliphatic rings. The normalized spacial score (nSPS) is 22.6. The molecule has 1 aromatic heterocycles. The number of halogens is 1. The smallest absolute Gasteiger partial charge is 0.220 e. The van der Waals surface area contributed by atoms with Gasteiger partial charge in [-0.2, -0.15) is 0 Å². The van der Waals surface area contributed by atoms with Crippen LogP contribution >= 0.6 is 23.7 Å². The van der Waals surface area contributed by atoms with Crippen molar-refractivity contribution >= 4 is 29.7 Å². The molecule has 0 bridgehead atoms. The van der Waals surface area contributed by atoms with Gasteiger partial charge in [0.25, 0.3) is 0 Å². The maximum atomic E-state index is 11.9. The summed E-state index contributed by atoms with van der Waals surface area (Å²) in [6.45, 7) is 0.690. The van der Waals surface area contributed by atoms with Gasteiger partial charge in [0, 0.05) is 17.3 Å². The van der Waals surface area contributed by atoms with Gasteiger partial charge in [0.1, 0.15) is 0 Å². The summed E-state index contributed by atoms with van der Waals surface area (Å²) in [6, 6.07) is 4.42. The van der Waals surface area contributed by atoms with Gasteiger partial charge in [0.15, 0.2) is 0 Å². The molecule has 0 aromatic carbocycles. The van der Waals surface area contributed by atoms with E-state index in [-0.39, 0.29) is 18.3 Å². The Labute approximate surface area is 125 Å². The van der Waals surface area contributed by atoms with Crippen LogP contribution in [0.25, 0.3) is 0 Å². The average Bonchev–Trinajstić information content (AvgIpc) is 2.90. The van der Waals surface area contributed by atoms with E-state index in [0.29, 0.717) is 24.9 Å². The first-order chi connectivity index (χ1) is 8.79. The highest BCUT2D eigenvalue weighted by Gasteiger charge is 2.24. The first kappa shape index (κ1) is 16.5. The topological polar surface area (TPSA) is 55.1 Å². The van der Waals surface area contributed by atoms with E-state index in [1.54, 1.807) is 11.3 Å². The molecule has 2 rings (SSSR count). The molecule has 1 aliphatic carbocycles. The van der Waals surface area contributed by atoms with Gasteiger partial charge < -0.3 is 11.1 Å². The zero-order valence-corrected chi connectivity index (χ0v) is 12.8. The van der Waals surface area contributed by atoms with Gasteiger partial charge in [0.05, 0.1) is 0 Å². The highest BCUT2D eigenvalue weighted by atomic mass is 35.5. The van der Waals surface area contributed by atoms with Crippen LogP contribution in [0.1, 0.15) is 37.0 Å². The number of hydrogen-bond donors (Lipinski definition) is 2. The lowest BCUT2D eigenvalue weighted by Gasteiger charge is -2.31. The summed E-state index contributed by atoms with van der Waals surface area (Å²) in [4.78, 5) is 13.2. The predicted molar refractivity (Wildman–Crippen MR) is 82.8 cm³/mol. The molecule has 19 heavy (non-hydrogen) atoms. The molecule has 0 saturated heterocycles. The van der Waals surface area contributed by atoms with E-state index in [4.69, 9.17) is 5.73 Å². The molecule has 2 atom stereocenters. The molecule has 5 heteroatoms. The molecule has 3 N–H and O–H groups in total. The zero-order chi connectivity index (χ0) is 12.8. The van der Waals surface area contributed by atoms with E-state index in [1.165, 1.54) is 17.7 Å². The van der Waals surface area contributed by atoms with Crippen LogP contribution in [0, 0.1) is 5.92 Å². The van der Waals surface area contributed by atoms with Crippen molar-refractivity contribution in [2.45, 2.75) is 44.6 Å². The molecule has 0 aliphatic heterocycles. The molecule has 1 fully saturated rings. The lowest BCUT2D eigenvalue weighted by molar-refractivity contribution is -0.122. The summed E-state index contributed by atoms with van der Waals surface area (Å²) in [6.07, 6.45) is 6.16. The van der Waals surface area contributed by atoms with Crippen molar-refractivity contribution in [1.82, 2.24) is 5.32 Å². The van der Waals surface area contributed by atoms with E-state index >= 15 is 0 Å². The van der Waals surface area contributed by atoms with E-state index in [9.17, 15) is 4.79 Å². The summed E-state index contributed by atoms with van der Waals surface area (Å²) in [7, 11) is 0. The van der Waals surface area contributed by atoms with Gasteiger partial charge in [-0.15, -0.1) is 23.7 Å². The van der Waals surface area contributed by atoms with Crippen LogP contribution in [0.5, 0.6) is 0 Å². The van der Waals surface area contributed by atoms with Crippen molar-refractivity contribution in [3.05, 3.63) is 22.4 Å². The quantitative estimate of drug-likeness (QED) is 0.879. The van der Waals surface area contributed by atoms with E-state index in [0.717, 1.165) is 19.3 Å². The number of aryl methyl sites for hydroxylation is 1. The number of rotatable bonds is 5. The lowest BCUT2D eigenvalue weighted by Crippen LogP contribution is -2.44. The van der Waals surface area contributed by atoms with Gasteiger partial charge in [-0.25, -0.2) is 0 Å². The minimum atomic E-state index is 0. The standard InChI is InChI=1S/C14H22N2OS.ClH/c15-10-11-4-1-2-6-13(11)16-14(17)8-7-12-5-3-9-18-12;/h3,5,9,11,13H,1-2,4,6-8,10,15H2,(H,16,17);1H. The van der Waals surface area contributed by atoms with Crippen molar-refractivity contribution in [2.75, 3.05) is 6.54 Å². The first-order valence-corrected chi connectivity index (χ1v) is 7.69. The molecule has 3 nitrogen and oxygen atoms in total. The summed E-state index contributed by atoms with van der Waals surface area (Å²) in [5.41, 5.74) is 5.77. The number of nitrogens with two attached hydrogens (primary N) is 1. The number of nitrogens with one attached hydrogen (secondary N) is 1. The van der Waals surface area contributed by atoms with Crippen LogP contribution in [0.2, 0.25) is 0 Å². The Balaban J connectivity index is 0.00000180. The van der Waals surface area contributed by atoms with E-state index in [2.05, 4.69) is 16.8 Å². The molecule has 108 valence electrons. The van der Waals surface area contributed by atoms with Gasteiger partial charge in [0.2, 0.25) is 5.91 Å². The Morgan fingerprint density at radius 2 is 2.21 bits per heavy atom. The third kappa shape index (κ3) is 5.13. The van der Waals surface area contributed by atoms with Crippen LogP contribution < -0.4 is 11.1 Å². The third-order valence-corrected chi connectivity index (χ3v) is 4.67. The van der Waals surface area contributed by atoms with Crippen LogP contribution in [0.4, 0.5) is 0 Å². The second kappa shape index (κ2) is 8.56. The molecular weight excluding hydrogens is 280 g/mol. The maximum Gasteiger partial charge on any atom is 0.220 e. The molecule has 1 saturated carbocycles. The SMILES string of the molecule is Cl.NCC1CCCCC1NC(=O)CCc1cccs1. The molecule has 0 radical (unpaired) electrons. The molecule has 2 unspecified atom stereocenters. The number of thiophene rings is 1. The second-order valence-corrected chi connectivity index (χ2v) is 6.07. The maximum absolute atomic E-state index is 11.9. The second-order valence-electron chi connectivity index (χ2n) is 5.03. The Morgan fingerprint density at radius 1 is 1.42 bits per heavy atom. The Hall–Kier alpha value is -0.580. The number of amides is 1. The number of hydrogen-bond acceptors (Lipinski definition) is 3. The van der Waals surface area contributed by atoms with Crippen molar-refractivity contribution in [3.8, 4) is 0 Å². The summed E-state index contributed by atoms with van der Waals surface area (Å²) in [5.74, 6) is 0.651. The first-order valence-electron chi connectivity index (χ1n) is 6.81. The van der Waals surface area contributed by atoms with Crippen LogP contribution in [-0.4, -0.2) is 18.5 Å². The van der Waals surface area contributed by atoms with Crippen molar-refractivity contribution in [3.63, 3.8) is 0 Å². The fraction of sp³-hybridized carbons (Fsp3) is 0.643. The largest absolute Gasteiger partial charge is 0.353 e. The van der Waals surface area contributed by atoms with Crippen molar-refractivity contribution < 1.29 is 4.79 Å². The number of carbonyl (C=O) groups is 1. The summed E-state index contributed by atoms with van der Waals surface area (Å²) >= 11 is 1.72. The molecule has 1 amide bonds. The highest BCUT2D eigenvalue weighted by molar-refractivity contribution is 7.09. The highest BCUT2D eigenvalue weighted by Crippen LogP contribution is 2.23. The average molecular weight is 303 g/mol. The molecule has 1 heterocycles. The Bertz CT molecular complexity index is 370. The van der Waals surface area contributed by atoms with E-state index < -0.39 is 0 Å². The number of carbonyl (C=O) groups excluding carboxylic acids is 1. The minimum Gasteiger partial charge on any atom is -0.353 e. The van der Waals surface area contributed by atoms with Crippen LogP contribution in [0.3, 0.4) is 0 Å². The minimum absolute atomic E-state index is 0. The fourth-order valence-corrected chi connectivity index (χ4v) is 3.36. The lowest BCUT2D eigenvalue weighted by atomic mass is 9.84. The monoisotopic (exact) mass is 302 g/mol. The van der Waals surface area contributed by atoms with Crippen molar-refractivity contribution in [1.29, 1.82) is 0 Å². The van der Waals surface area contributed by atoms with Crippen molar-refractivity contribution in [2.24, 2.45) is 11.7 Å². The third-order valence-electron chi connectivity index (χ3n) is 3.74. The van der Waals surface area contributed by atoms with Gasteiger partial charge in [-0.3, -0.25) is 4.79 Å². The van der Waals surface area contributed by atoms with Gasteiger partial charge in [-0.05, 0) is 43.2 Å². The van der Waals surface area contributed by atoms with Crippen LogP contribution in [-0.2, 0) is 11.2 Å². The Morgan fingerprint density at radius 3 is 2.89 bits per heavy atom. The molecular formula is C14H23ClN2OS.